The number of H-pyrrole nitrogens is 1. The highest BCUT2D eigenvalue weighted by molar-refractivity contribution is 5.92. The van der Waals surface area contributed by atoms with Crippen LogP contribution in [0, 0.1) is 11.8 Å². The van der Waals surface area contributed by atoms with E-state index in [9.17, 15) is 4.79 Å². The first-order valence-electron chi connectivity index (χ1n) is 9.72. The van der Waals surface area contributed by atoms with Crippen molar-refractivity contribution in [3.8, 4) is 11.3 Å². The number of carbonyl (C=O) groups excluding carboxylic acids is 1. The number of quaternary nitrogens is 1. The molecule has 2 fully saturated rings. The highest BCUT2D eigenvalue weighted by atomic mass is 35.5. The number of benzene rings is 1. The number of aromatic nitrogens is 4. The number of imidazole rings is 1. The molecule has 2 saturated heterocycles. The monoisotopic (exact) mass is 413 g/mol. The second-order valence-electron chi connectivity index (χ2n) is 7.78. The summed E-state index contributed by atoms with van der Waals surface area (Å²) in [5, 5.41) is 2.41. The molecule has 0 radical (unpaired) electrons. The summed E-state index contributed by atoms with van der Waals surface area (Å²) in [6.07, 6.45) is 1.66. The average Bonchev–Trinajstić information content (AvgIpc) is 3.42. The van der Waals surface area contributed by atoms with Crippen molar-refractivity contribution in [2.24, 2.45) is 11.8 Å². The maximum absolute atomic E-state index is 11.6. The zero-order chi connectivity index (χ0) is 19.3. The summed E-state index contributed by atoms with van der Waals surface area (Å²) in [4.78, 5) is 32.7. The summed E-state index contributed by atoms with van der Waals surface area (Å²) < 4.78 is 0. The van der Waals surface area contributed by atoms with Gasteiger partial charge in [-0.25, -0.2) is 9.97 Å². The molecule has 2 aromatic heterocycles. The van der Waals surface area contributed by atoms with Crippen molar-refractivity contribution in [2.45, 2.75) is 6.92 Å². The minimum atomic E-state index is 0. The number of aromatic amines is 1. The molecule has 2 aliphatic heterocycles. The fourth-order valence-corrected chi connectivity index (χ4v) is 4.36. The van der Waals surface area contributed by atoms with E-state index in [0.29, 0.717) is 5.65 Å². The van der Waals surface area contributed by atoms with Crippen molar-refractivity contribution in [3.63, 3.8) is 0 Å². The average molecular weight is 414 g/mol. The Morgan fingerprint density at radius 1 is 1.17 bits per heavy atom. The first kappa shape index (κ1) is 19.6. The van der Waals surface area contributed by atoms with E-state index in [-0.39, 0.29) is 18.3 Å². The first-order chi connectivity index (χ1) is 13.6. The summed E-state index contributed by atoms with van der Waals surface area (Å²) >= 11 is 0. The molecule has 1 amide bonds. The molecule has 152 valence electrons. The number of carbonyl (C=O) groups is 1. The van der Waals surface area contributed by atoms with Crippen LogP contribution in [0.2, 0.25) is 0 Å². The Bertz CT molecular complexity index is 1020. The Morgan fingerprint density at radius 2 is 1.86 bits per heavy atom. The van der Waals surface area contributed by atoms with Crippen LogP contribution in [-0.2, 0) is 4.79 Å². The van der Waals surface area contributed by atoms with Gasteiger partial charge in [-0.15, -0.1) is 0 Å². The van der Waals surface area contributed by atoms with Gasteiger partial charge < -0.3 is 32.5 Å². The summed E-state index contributed by atoms with van der Waals surface area (Å²) in [5.74, 6) is 2.21. The van der Waals surface area contributed by atoms with Crippen molar-refractivity contribution in [2.75, 3.05) is 43.0 Å². The maximum Gasteiger partial charge on any atom is 0.228 e. The molecule has 1 aromatic carbocycles. The summed E-state index contributed by atoms with van der Waals surface area (Å²) in [6.45, 7) is 5.98. The highest BCUT2D eigenvalue weighted by Crippen LogP contribution is 2.31. The van der Waals surface area contributed by atoms with Gasteiger partial charge in [-0.2, -0.15) is 4.98 Å². The van der Waals surface area contributed by atoms with E-state index >= 15 is 0 Å². The van der Waals surface area contributed by atoms with Crippen molar-refractivity contribution in [3.05, 3.63) is 30.6 Å². The third-order valence-electron chi connectivity index (χ3n) is 6.07. The number of hydrogen-bond acceptors (Lipinski definition) is 5. The van der Waals surface area contributed by atoms with Crippen LogP contribution < -0.4 is 27.5 Å². The molecule has 0 saturated carbocycles. The number of amides is 1. The third-order valence-corrected chi connectivity index (χ3v) is 6.07. The number of hydrogen-bond donors (Lipinski definition) is 2. The van der Waals surface area contributed by atoms with Gasteiger partial charge in [-0.3, -0.25) is 4.79 Å². The molecule has 2 unspecified atom stereocenters. The van der Waals surface area contributed by atoms with Gasteiger partial charge in [-0.1, -0.05) is 12.1 Å². The molecule has 0 aliphatic carbocycles. The molecule has 2 atom stereocenters. The van der Waals surface area contributed by atoms with Gasteiger partial charge >= 0.3 is 0 Å². The lowest BCUT2D eigenvalue weighted by molar-refractivity contribution is -0.640. The molecule has 4 heterocycles. The van der Waals surface area contributed by atoms with Gasteiger partial charge in [-0.05, 0) is 12.1 Å². The second-order valence-corrected chi connectivity index (χ2v) is 7.78. The highest BCUT2D eigenvalue weighted by Gasteiger charge is 2.40. The molecule has 29 heavy (non-hydrogen) atoms. The van der Waals surface area contributed by atoms with Gasteiger partial charge in [0.05, 0.1) is 19.4 Å². The van der Waals surface area contributed by atoms with Crippen LogP contribution in [0.1, 0.15) is 6.92 Å². The molecular formula is C20H24ClN7O. The van der Waals surface area contributed by atoms with Crippen LogP contribution in [0.15, 0.2) is 30.6 Å². The molecule has 0 bridgehead atoms. The smallest absolute Gasteiger partial charge is 0.228 e. The number of halogens is 1. The summed E-state index contributed by atoms with van der Waals surface area (Å²) in [6, 6.07) is 7.87. The molecular weight excluding hydrogens is 390 g/mol. The molecule has 8 nitrogen and oxygen atoms in total. The Morgan fingerprint density at radius 3 is 2.52 bits per heavy atom. The van der Waals surface area contributed by atoms with E-state index in [2.05, 4.69) is 20.2 Å². The molecule has 0 spiro atoms. The van der Waals surface area contributed by atoms with Gasteiger partial charge in [0.2, 0.25) is 11.9 Å². The Kier molecular flexibility index (Phi) is 5.14. The number of nitrogens with zero attached hydrogens (tertiary/aromatic N) is 5. The summed E-state index contributed by atoms with van der Waals surface area (Å²) in [5.41, 5.74) is 4.21. The van der Waals surface area contributed by atoms with Crippen LogP contribution >= 0.6 is 0 Å². The van der Waals surface area contributed by atoms with Crippen LogP contribution in [0.25, 0.3) is 22.4 Å². The van der Waals surface area contributed by atoms with E-state index < -0.39 is 0 Å². The van der Waals surface area contributed by atoms with Gasteiger partial charge in [0.25, 0.3) is 0 Å². The summed E-state index contributed by atoms with van der Waals surface area (Å²) in [7, 11) is 1.77. The molecule has 5 rings (SSSR count). The van der Waals surface area contributed by atoms with Gasteiger partial charge in [0, 0.05) is 50.1 Å². The van der Waals surface area contributed by atoms with Crippen molar-refractivity contribution in [1.29, 1.82) is 0 Å². The predicted molar refractivity (Wildman–Crippen MR) is 107 cm³/mol. The number of fused-ring (bicyclic) bond motifs is 2. The minimum absolute atomic E-state index is 0. The second kappa shape index (κ2) is 7.61. The van der Waals surface area contributed by atoms with Crippen LogP contribution in [0.3, 0.4) is 0 Å². The molecule has 9 heteroatoms. The number of rotatable bonds is 3. The topological polar surface area (TPSA) is 94.6 Å². The van der Waals surface area contributed by atoms with E-state index in [1.165, 1.54) is 13.1 Å². The van der Waals surface area contributed by atoms with E-state index in [1.807, 2.05) is 24.3 Å². The molecule has 3 aromatic rings. The number of nitrogens with one attached hydrogen (secondary N) is 1. The number of nitrogens with two attached hydrogens (primary N) is 1. The zero-order valence-electron chi connectivity index (χ0n) is 16.5. The van der Waals surface area contributed by atoms with Crippen molar-refractivity contribution >= 4 is 28.7 Å². The normalized spacial score (nSPS) is 20.6. The lowest BCUT2D eigenvalue weighted by Gasteiger charge is -2.18. The fraction of sp³-hybridized carbons (Fsp3) is 0.400. The van der Waals surface area contributed by atoms with Crippen LogP contribution in [0.5, 0.6) is 0 Å². The number of anilines is 2. The van der Waals surface area contributed by atoms with Gasteiger partial charge in [0.1, 0.15) is 11.2 Å². The largest absolute Gasteiger partial charge is 1.00 e. The maximum atomic E-state index is 11.6. The zero-order valence-corrected chi connectivity index (χ0v) is 17.2. The first-order valence-corrected chi connectivity index (χ1v) is 9.72. The van der Waals surface area contributed by atoms with E-state index in [1.54, 1.807) is 25.2 Å². The molecule has 3 N–H and O–H groups in total. The predicted octanol–water partition coefficient (Wildman–Crippen LogP) is -2.36. The van der Waals surface area contributed by atoms with Gasteiger partial charge in [0.15, 0.2) is 5.65 Å². The van der Waals surface area contributed by atoms with E-state index in [0.717, 1.165) is 53.3 Å². The fourth-order valence-electron chi connectivity index (χ4n) is 4.36. The van der Waals surface area contributed by atoms with Crippen molar-refractivity contribution in [1.82, 2.24) is 19.9 Å². The molecule has 2 aliphatic rings. The van der Waals surface area contributed by atoms with Crippen molar-refractivity contribution < 1.29 is 22.5 Å². The SMILES string of the molecule is CC(=O)N(C)c1ccc(-c2nc(N3CC4C[NH2+]CC4C3)nc3nc[nH]c23)cc1.[Cl-]. The lowest BCUT2D eigenvalue weighted by Crippen LogP contribution is -3.00. The van der Waals surface area contributed by atoms with Crippen LogP contribution in [0.4, 0.5) is 11.6 Å². The Hall–Kier alpha value is -2.71. The minimum Gasteiger partial charge on any atom is -1.00 e. The standard InChI is InChI=1S/C20H23N7O.ClH/c1-12(28)26(2)16-5-3-13(4-6-16)17-18-19(23-11-22-18)25-20(24-17)27-9-14-7-21-8-15(14)10-27;/h3-6,11,14-15,21H,7-10H2,1-2H3,(H,22,23,24,25);1H. The quantitative estimate of drug-likeness (QED) is 0.501. The Labute approximate surface area is 175 Å². The third kappa shape index (κ3) is 3.42. The van der Waals surface area contributed by atoms with Crippen LogP contribution in [-0.4, -0.2) is 59.1 Å². The van der Waals surface area contributed by atoms with E-state index in [4.69, 9.17) is 9.97 Å². The lowest BCUT2D eigenvalue weighted by atomic mass is 10.0. The Balaban J connectivity index is 0.00000205.